The molecule has 3 rings (SSSR count). The Labute approximate surface area is 128 Å². The predicted octanol–water partition coefficient (Wildman–Crippen LogP) is 5.32. The van der Waals surface area contributed by atoms with Crippen LogP contribution in [0.25, 0.3) is 10.8 Å². The maximum atomic E-state index is 3.90. The van der Waals surface area contributed by atoms with Crippen molar-refractivity contribution in [2.45, 2.75) is 52.1 Å². The monoisotopic (exact) mass is 281 g/mol. The lowest BCUT2D eigenvalue weighted by atomic mass is 9.92. The van der Waals surface area contributed by atoms with Gasteiger partial charge in [-0.05, 0) is 47.9 Å². The van der Waals surface area contributed by atoms with Crippen LogP contribution >= 0.6 is 0 Å². The third kappa shape index (κ3) is 2.85. The Morgan fingerprint density at radius 3 is 2.62 bits per heavy atom. The van der Waals surface area contributed by atoms with Crippen LogP contribution in [0.3, 0.4) is 0 Å². The second kappa shape index (κ2) is 6.19. The van der Waals surface area contributed by atoms with E-state index in [2.05, 4.69) is 68.6 Å². The van der Waals surface area contributed by atoms with Gasteiger partial charge in [-0.1, -0.05) is 62.7 Å². The molecule has 0 bridgehead atoms. The minimum atomic E-state index is 0.416. The molecule has 0 saturated heterocycles. The highest BCUT2D eigenvalue weighted by molar-refractivity contribution is 5.86. The van der Waals surface area contributed by atoms with E-state index in [1.165, 1.54) is 35.6 Å². The van der Waals surface area contributed by atoms with Crippen molar-refractivity contribution in [3.63, 3.8) is 0 Å². The molecule has 4 unspecified atom stereocenters. The van der Waals surface area contributed by atoms with E-state index in [1.54, 1.807) is 0 Å². The fourth-order valence-corrected chi connectivity index (χ4v) is 4.10. The van der Waals surface area contributed by atoms with Crippen LogP contribution in [0, 0.1) is 11.8 Å². The van der Waals surface area contributed by atoms with Gasteiger partial charge in [0.25, 0.3) is 0 Å². The van der Waals surface area contributed by atoms with Gasteiger partial charge in [0.1, 0.15) is 0 Å². The molecule has 112 valence electrons. The summed E-state index contributed by atoms with van der Waals surface area (Å²) in [6, 6.07) is 16.5. The van der Waals surface area contributed by atoms with E-state index in [-0.39, 0.29) is 0 Å². The Hall–Kier alpha value is -1.34. The van der Waals surface area contributed by atoms with Crippen LogP contribution < -0.4 is 5.32 Å². The highest BCUT2D eigenvalue weighted by atomic mass is 15.0. The van der Waals surface area contributed by atoms with Gasteiger partial charge in [0, 0.05) is 12.1 Å². The Balaban J connectivity index is 1.80. The summed E-state index contributed by atoms with van der Waals surface area (Å²) in [5, 5.41) is 6.63. The fourth-order valence-electron chi connectivity index (χ4n) is 4.10. The van der Waals surface area contributed by atoms with E-state index in [4.69, 9.17) is 0 Å². The molecule has 2 aromatic rings. The molecule has 0 radical (unpaired) electrons. The summed E-state index contributed by atoms with van der Waals surface area (Å²) in [5.41, 5.74) is 1.43. The fraction of sp³-hybridized carbons (Fsp3) is 0.500. The summed E-state index contributed by atoms with van der Waals surface area (Å²) in [6.45, 7) is 7.07. The Kier molecular flexibility index (Phi) is 4.30. The highest BCUT2D eigenvalue weighted by Gasteiger charge is 2.32. The molecule has 1 aliphatic rings. The molecular formula is C20H27N. The first-order valence-electron chi connectivity index (χ1n) is 8.44. The first-order valence-corrected chi connectivity index (χ1v) is 8.44. The molecule has 0 aliphatic heterocycles. The molecule has 2 aromatic carbocycles. The van der Waals surface area contributed by atoms with Gasteiger partial charge in [0.05, 0.1) is 0 Å². The van der Waals surface area contributed by atoms with Crippen molar-refractivity contribution in [1.29, 1.82) is 0 Å². The van der Waals surface area contributed by atoms with Crippen molar-refractivity contribution in [3.8, 4) is 0 Å². The highest BCUT2D eigenvalue weighted by Crippen LogP contribution is 2.35. The molecule has 1 fully saturated rings. The maximum Gasteiger partial charge on any atom is 0.0300 e. The van der Waals surface area contributed by atoms with Gasteiger partial charge < -0.3 is 5.32 Å². The Morgan fingerprint density at radius 2 is 1.86 bits per heavy atom. The number of hydrogen-bond donors (Lipinski definition) is 1. The normalized spacial score (nSPS) is 27.1. The number of benzene rings is 2. The maximum absolute atomic E-state index is 3.90. The lowest BCUT2D eigenvalue weighted by Gasteiger charge is -2.26. The number of nitrogens with one attached hydrogen (secondary N) is 1. The zero-order valence-corrected chi connectivity index (χ0v) is 13.5. The topological polar surface area (TPSA) is 12.0 Å². The van der Waals surface area contributed by atoms with Crippen LogP contribution in [-0.2, 0) is 0 Å². The van der Waals surface area contributed by atoms with Crippen molar-refractivity contribution >= 4 is 10.8 Å². The van der Waals surface area contributed by atoms with Crippen LogP contribution in [0.15, 0.2) is 42.5 Å². The van der Waals surface area contributed by atoms with Crippen molar-refractivity contribution in [2.75, 3.05) is 0 Å². The average molecular weight is 281 g/mol. The Bertz CT molecular complexity index is 598. The second-order valence-electron chi connectivity index (χ2n) is 6.67. The first-order chi connectivity index (χ1) is 10.2. The zero-order chi connectivity index (χ0) is 14.8. The summed E-state index contributed by atoms with van der Waals surface area (Å²) < 4.78 is 0. The van der Waals surface area contributed by atoms with Crippen LogP contribution in [0.2, 0.25) is 0 Å². The molecular weight excluding hydrogens is 254 g/mol. The third-order valence-electron chi connectivity index (χ3n) is 5.51. The Morgan fingerprint density at radius 1 is 1.10 bits per heavy atom. The minimum Gasteiger partial charge on any atom is -0.307 e. The third-order valence-corrected chi connectivity index (χ3v) is 5.51. The largest absolute Gasteiger partial charge is 0.307 e. The van der Waals surface area contributed by atoms with Crippen LogP contribution in [0.1, 0.15) is 51.6 Å². The average Bonchev–Trinajstić information content (AvgIpc) is 2.87. The van der Waals surface area contributed by atoms with E-state index in [9.17, 15) is 0 Å². The van der Waals surface area contributed by atoms with Gasteiger partial charge >= 0.3 is 0 Å². The van der Waals surface area contributed by atoms with Crippen molar-refractivity contribution in [3.05, 3.63) is 48.0 Å². The molecule has 0 heterocycles. The minimum absolute atomic E-state index is 0.416. The van der Waals surface area contributed by atoms with Gasteiger partial charge in [0.15, 0.2) is 0 Å². The lowest BCUT2D eigenvalue weighted by molar-refractivity contribution is 0.328. The van der Waals surface area contributed by atoms with E-state index >= 15 is 0 Å². The molecule has 4 atom stereocenters. The van der Waals surface area contributed by atoms with Gasteiger partial charge in [-0.15, -0.1) is 0 Å². The summed E-state index contributed by atoms with van der Waals surface area (Å²) in [4.78, 5) is 0. The first kappa shape index (κ1) is 14.6. The van der Waals surface area contributed by atoms with Crippen molar-refractivity contribution in [2.24, 2.45) is 11.8 Å². The van der Waals surface area contributed by atoms with Crippen molar-refractivity contribution in [1.82, 2.24) is 5.32 Å². The number of rotatable bonds is 4. The van der Waals surface area contributed by atoms with Gasteiger partial charge in [-0.25, -0.2) is 0 Å². The molecule has 1 heteroatoms. The van der Waals surface area contributed by atoms with E-state index in [0.29, 0.717) is 12.1 Å². The quantitative estimate of drug-likeness (QED) is 0.800. The molecule has 0 amide bonds. The van der Waals surface area contributed by atoms with E-state index < -0.39 is 0 Å². The number of fused-ring (bicyclic) bond motifs is 1. The molecule has 21 heavy (non-hydrogen) atoms. The van der Waals surface area contributed by atoms with Gasteiger partial charge in [0.2, 0.25) is 0 Å². The van der Waals surface area contributed by atoms with Gasteiger partial charge in [-0.2, -0.15) is 0 Å². The van der Waals surface area contributed by atoms with E-state index in [0.717, 1.165) is 11.8 Å². The molecule has 1 nitrogen and oxygen atoms in total. The summed E-state index contributed by atoms with van der Waals surface area (Å²) >= 11 is 0. The standard InChI is InChI=1S/C20H27N/c1-4-16-12-13-20(14(16)2)21-15(3)18-11-7-9-17-8-5-6-10-19(17)18/h5-11,14-16,20-21H,4,12-13H2,1-3H3. The summed E-state index contributed by atoms with van der Waals surface area (Å²) in [5.74, 6) is 1.70. The smallest absolute Gasteiger partial charge is 0.0300 e. The molecule has 1 N–H and O–H groups in total. The molecule has 1 saturated carbocycles. The lowest BCUT2D eigenvalue weighted by Crippen LogP contribution is -2.34. The second-order valence-corrected chi connectivity index (χ2v) is 6.67. The number of hydrogen-bond acceptors (Lipinski definition) is 1. The molecule has 0 aromatic heterocycles. The zero-order valence-electron chi connectivity index (χ0n) is 13.5. The van der Waals surface area contributed by atoms with Crippen molar-refractivity contribution < 1.29 is 0 Å². The summed E-state index contributed by atoms with van der Waals surface area (Å²) in [6.07, 6.45) is 4.04. The SMILES string of the molecule is CCC1CCC(NC(C)c2cccc3ccccc23)C1C. The van der Waals surface area contributed by atoms with Gasteiger partial charge in [-0.3, -0.25) is 0 Å². The molecule has 0 spiro atoms. The molecule has 1 aliphatic carbocycles. The van der Waals surface area contributed by atoms with Crippen LogP contribution in [-0.4, -0.2) is 6.04 Å². The summed E-state index contributed by atoms with van der Waals surface area (Å²) in [7, 11) is 0. The van der Waals surface area contributed by atoms with Crippen LogP contribution in [0.4, 0.5) is 0 Å². The van der Waals surface area contributed by atoms with Crippen LogP contribution in [0.5, 0.6) is 0 Å². The van der Waals surface area contributed by atoms with E-state index in [1.807, 2.05) is 0 Å². The predicted molar refractivity (Wildman–Crippen MR) is 91.5 cm³/mol.